The third-order valence-corrected chi connectivity index (χ3v) is 1.29. The van der Waals surface area contributed by atoms with E-state index in [1.807, 2.05) is 0 Å². The van der Waals surface area contributed by atoms with Crippen LogP contribution in [0.3, 0.4) is 0 Å². The van der Waals surface area contributed by atoms with Crippen molar-refractivity contribution in [2.24, 2.45) is 0 Å². The average molecular weight is 273 g/mol. The van der Waals surface area contributed by atoms with Gasteiger partial charge in [0.15, 0.2) is 5.60 Å². The van der Waals surface area contributed by atoms with Gasteiger partial charge in [-0.05, 0) is 0 Å². The third kappa shape index (κ3) is 4.80. The molecule has 0 saturated heterocycles. The molecule has 0 aromatic heterocycles. The van der Waals surface area contributed by atoms with Crippen molar-refractivity contribution < 1.29 is 34.8 Å². The van der Waals surface area contributed by atoms with Crippen molar-refractivity contribution in [2.75, 3.05) is 0 Å². The van der Waals surface area contributed by atoms with Crippen molar-refractivity contribution in [2.45, 2.75) is 18.4 Å². The molecule has 7 nitrogen and oxygen atoms in total. The van der Waals surface area contributed by atoms with Crippen LogP contribution in [0.25, 0.3) is 0 Å². The first-order valence-corrected chi connectivity index (χ1v) is 3.17. The Morgan fingerprint density at radius 1 is 0.929 bits per heavy atom. The molecule has 0 rings (SSSR count). The van der Waals surface area contributed by atoms with Gasteiger partial charge in [-0.3, -0.25) is 9.59 Å². The van der Waals surface area contributed by atoms with Gasteiger partial charge in [0.25, 0.3) is 0 Å². The Balaban J connectivity index is 0. The van der Waals surface area contributed by atoms with Gasteiger partial charge in [0.1, 0.15) is 0 Å². The average Bonchev–Trinajstić information content (AvgIpc) is 1.82. The molecule has 0 fully saturated rings. The summed E-state index contributed by atoms with van der Waals surface area (Å²) in [5, 5.41) is 33.8. The van der Waals surface area contributed by atoms with Crippen molar-refractivity contribution in [1.82, 2.24) is 0 Å². The molecule has 0 aliphatic rings. The molecule has 0 atom stereocenters. The number of aliphatic carboxylic acids is 3. The molecule has 0 aromatic carbocycles. The van der Waals surface area contributed by atoms with Crippen LogP contribution in [0.2, 0.25) is 0 Å². The Hall–Kier alpha value is -1.11. The Labute approximate surface area is 88.8 Å². The van der Waals surface area contributed by atoms with E-state index in [0.29, 0.717) is 0 Å². The van der Waals surface area contributed by atoms with Crippen LogP contribution < -0.4 is 0 Å². The summed E-state index contributed by atoms with van der Waals surface area (Å²) in [5.41, 5.74) is -2.74. The van der Waals surface area contributed by atoms with Crippen molar-refractivity contribution in [3.05, 3.63) is 0 Å². The zero-order valence-corrected chi connectivity index (χ0v) is 9.03. The maximum absolute atomic E-state index is 10.3. The second-order valence-electron chi connectivity index (χ2n) is 2.48. The quantitative estimate of drug-likeness (QED) is 0.419. The first-order chi connectivity index (χ1) is 5.78. The summed E-state index contributed by atoms with van der Waals surface area (Å²) in [6.45, 7) is 0. The molecule has 0 heterocycles. The van der Waals surface area contributed by atoms with Crippen LogP contribution in [0, 0.1) is 0 Å². The summed E-state index contributed by atoms with van der Waals surface area (Å²) in [6.07, 6.45) is -2.29. The summed E-state index contributed by atoms with van der Waals surface area (Å²) in [6, 6.07) is 0. The number of carboxylic acids is 3. The second-order valence-corrected chi connectivity index (χ2v) is 2.48. The predicted octanol–water partition coefficient (Wildman–Crippen LogP) is -2.16. The molecule has 0 aliphatic heterocycles. The summed E-state index contributed by atoms with van der Waals surface area (Å²) >= 11 is 0. The van der Waals surface area contributed by atoms with Gasteiger partial charge in [0, 0.05) is 0 Å². The molecule has 0 unspecified atom stereocenters. The Morgan fingerprint density at radius 2 is 1.21 bits per heavy atom. The molecule has 0 saturated carbocycles. The fourth-order valence-electron chi connectivity index (χ4n) is 0.714. The molecular weight excluding hydrogens is 263 g/mol. The first kappa shape index (κ1) is 15.4. The minimum absolute atomic E-state index is 0. The van der Waals surface area contributed by atoms with Crippen molar-refractivity contribution in [3.8, 4) is 0 Å². The SMILES string of the molecule is O=C(O)CC(O)(CC(=O)O)C(=O)O.[SeH2]. The van der Waals surface area contributed by atoms with Gasteiger partial charge in [-0.15, -0.1) is 0 Å². The standard InChI is InChI=1S/C6H8O7.H2Se/c7-3(8)1-6(13,5(11)12)2-4(9)10;/h13H,1-2H2,(H,7,8)(H,9,10)(H,11,12);1H2. The van der Waals surface area contributed by atoms with Crippen molar-refractivity contribution >= 4 is 35.0 Å². The van der Waals surface area contributed by atoms with E-state index in [1.54, 1.807) is 0 Å². The van der Waals surface area contributed by atoms with E-state index in [4.69, 9.17) is 20.4 Å². The van der Waals surface area contributed by atoms with E-state index in [2.05, 4.69) is 0 Å². The molecule has 0 aliphatic carbocycles. The summed E-state index contributed by atoms with van der Waals surface area (Å²) in [4.78, 5) is 30.5. The van der Waals surface area contributed by atoms with E-state index in [-0.39, 0.29) is 17.1 Å². The Morgan fingerprint density at radius 3 is 1.36 bits per heavy atom. The number of carbonyl (C=O) groups is 3. The fourth-order valence-corrected chi connectivity index (χ4v) is 0.714. The van der Waals surface area contributed by atoms with E-state index >= 15 is 0 Å². The Kier molecular flexibility index (Phi) is 6.13. The molecule has 0 bridgehead atoms. The molecular formula is C6H10O7Se. The van der Waals surface area contributed by atoms with Gasteiger partial charge in [-0.2, -0.15) is 0 Å². The van der Waals surface area contributed by atoms with E-state index < -0.39 is 36.4 Å². The number of hydrogen-bond donors (Lipinski definition) is 4. The van der Waals surface area contributed by atoms with Crippen LogP contribution in [0.4, 0.5) is 0 Å². The summed E-state index contributed by atoms with van der Waals surface area (Å²) < 4.78 is 0. The number of hydrogen-bond acceptors (Lipinski definition) is 4. The summed E-state index contributed by atoms with van der Waals surface area (Å²) in [7, 11) is 0. The Bertz CT molecular complexity index is 233. The molecule has 0 radical (unpaired) electrons. The molecule has 14 heavy (non-hydrogen) atoms. The van der Waals surface area contributed by atoms with Gasteiger partial charge in [-0.25, -0.2) is 4.79 Å². The monoisotopic (exact) mass is 274 g/mol. The number of aliphatic hydroxyl groups is 1. The van der Waals surface area contributed by atoms with E-state index in [0.717, 1.165) is 0 Å². The van der Waals surface area contributed by atoms with Crippen LogP contribution in [-0.4, -0.2) is 61.0 Å². The van der Waals surface area contributed by atoms with Gasteiger partial charge in [0.2, 0.25) is 0 Å². The fraction of sp³-hybridized carbons (Fsp3) is 0.500. The molecule has 0 amide bonds. The molecule has 82 valence electrons. The topological polar surface area (TPSA) is 132 Å². The minimum atomic E-state index is -2.74. The van der Waals surface area contributed by atoms with Gasteiger partial charge in [0.05, 0.1) is 12.8 Å². The van der Waals surface area contributed by atoms with Crippen LogP contribution in [0.15, 0.2) is 0 Å². The zero-order chi connectivity index (χ0) is 10.6. The molecule has 0 spiro atoms. The van der Waals surface area contributed by atoms with E-state index in [1.165, 1.54) is 0 Å². The molecule has 4 N–H and O–H groups in total. The predicted molar refractivity (Wildman–Crippen MR) is 45.6 cm³/mol. The number of carboxylic acid groups (broad SMARTS) is 3. The molecule has 8 heteroatoms. The van der Waals surface area contributed by atoms with Gasteiger partial charge in [-0.1, -0.05) is 0 Å². The summed E-state index contributed by atoms with van der Waals surface area (Å²) in [5.74, 6) is -5.02. The molecule has 0 aromatic rings. The van der Waals surface area contributed by atoms with Gasteiger partial charge >= 0.3 is 35.0 Å². The van der Waals surface area contributed by atoms with Crippen molar-refractivity contribution in [3.63, 3.8) is 0 Å². The van der Waals surface area contributed by atoms with Crippen LogP contribution >= 0.6 is 0 Å². The zero-order valence-electron chi connectivity index (χ0n) is 6.93. The number of rotatable bonds is 5. The van der Waals surface area contributed by atoms with Crippen molar-refractivity contribution in [1.29, 1.82) is 0 Å². The second kappa shape index (κ2) is 5.58. The van der Waals surface area contributed by atoms with Crippen LogP contribution in [0.1, 0.15) is 12.8 Å². The third-order valence-electron chi connectivity index (χ3n) is 1.29. The van der Waals surface area contributed by atoms with Crippen LogP contribution in [0.5, 0.6) is 0 Å². The normalized spacial score (nSPS) is 10.1. The van der Waals surface area contributed by atoms with Crippen LogP contribution in [-0.2, 0) is 14.4 Å². The first-order valence-electron chi connectivity index (χ1n) is 3.17. The maximum atomic E-state index is 10.3. The van der Waals surface area contributed by atoms with E-state index in [9.17, 15) is 14.4 Å². The van der Waals surface area contributed by atoms with Gasteiger partial charge < -0.3 is 20.4 Å².